The van der Waals surface area contributed by atoms with Crippen LogP contribution in [-0.2, 0) is 0 Å². The second-order valence-corrected chi connectivity index (χ2v) is 10.1. The Bertz CT molecular complexity index is 3270. The second-order valence-electron chi connectivity index (χ2n) is 10.1. The third-order valence-corrected chi connectivity index (χ3v) is 7.74. The Balaban J connectivity index is 1.52. The monoisotopic (exact) mass is 561 g/mol. The Hall–Kier alpha value is -5.66. The van der Waals surface area contributed by atoms with Gasteiger partial charge in [-0.05, 0) is 89.9 Å². The SMILES string of the molecule is [2H]c1c([2H])c([2H])c2c([2H])c(-c3c4c([2H])c([2H])c([2H])c([2H])c4c(-c4cccc(-c5cccc6oc7ccccc7c56)c4)c4c([2H])c([2H])c([2H])c([2H])c34)c([2H])c([2H])c2c1[2H]. The second kappa shape index (κ2) is 9.44. The van der Waals surface area contributed by atoms with Crippen molar-refractivity contribution < 1.29 is 25.0 Å². The minimum atomic E-state index is -0.736. The van der Waals surface area contributed by atoms with Gasteiger partial charge in [0, 0.05) is 10.8 Å². The van der Waals surface area contributed by atoms with Crippen molar-refractivity contribution >= 4 is 54.3 Å². The first-order valence-corrected chi connectivity index (χ1v) is 13.6. The van der Waals surface area contributed by atoms with Crippen molar-refractivity contribution in [2.24, 2.45) is 0 Å². The summed E-state index contributed by atoms with van der Waals surface area (Å²) in [6, 6.07) is 10.1. The first-order chi connectivity index (χ1) is 27.6. The van der Waals surface area contributed by atoms with Crippen molar-refractivity contribution in [3.05, 3.63) is 157 Å². The molecule has 0 aliphatic heterocycles. The summed E-state index contributed by atoms with van der Waals surface area (Å²) >= 11 is 0. The fraction of sp³-hybridized carbons (Fsp3) is 0. The van der Waals surface area contributed by atoms with E-state index in [9.17, 15) is 8.22 Å². The topological polar surface area (TPSA) is 13.1 Å². The quantitative estimate of drug-likeness (QED) is 0.196. The zero-order valence-electron chi connectivity index (χ0n) is 37.3. The third-order valence-electron chi connectivity index (χ3n) is 7.74. The van der Waals surface area contributed by atoms with Crippen LogP contribution >= 0.6 is 0 Å². The lowest BCUT2D eigenvalue weighted by Crippen LogP contribution is -1.91. The van der Waals surface area contributed by atoms with E-state index < -0.39 is 107 Å². The summed E-state index contributed by atoms with van der Waals surface area (Å²) < 4.78 is 140. The summed E-state index contributed by atoms with van der Waals surface area (Å²) in [5.74, 6) is 0. The highest BCUT2D eigenvalue weighted by Gasteiger charge is 2.18. The molecule has 0 saturated heterocycles. The maximum absolute atomic E-state index is 9.42. The molecule has 43 heavy (non-hydrogen) atoms. The molecule has 0 radical (unpaired) electrons. The molecule has 0 saturated carbocycles. The van der Waals surface area contributed by atoms with Crippen LogP contribution < -0.4 is 0 Å². The van der Waals surface area contributed by atoms with Crippen LogP contribution in [0.4, 0.5) is 0 Å². The average Bonchev–Trinajstić information content (AvgIpc) is 3.61. The Morgan fingerprint density at radius 2 is 1.05 bits per heavy atom. The first kappa shape index (κ1) is 13.5. The normalized spacial score (nSPS) is 16.6. The molecule has 1 heteroatoms. The van der Waals surface area contributed by atoms with Gasteiger partial charge in [-0.15, -0.1) is 0 Å². The van der Waals surface area contributed by atoms with Crippen molar-refractivity contribution in [2.75, 3.05) is 0 Å². The summed E-state index contributed by atoms with van der Waals surface area (Å²) in [6.45, 7) is 0. The molecule has 0 atom stereocenters. The molecule has 0 unspecified atom stereocenters. The fourth-order valence-corrected chi connectivity index (χ4v) is 5.93. The Labute approximate surface area is 270 Å². The molecule has 0 amide bonds. The Kier molecular flexibility index (Phi) is 2.97. The molecule has 0 fully saturated rings. The summed E-state index contributed by atoms with van der Waals surface area (Å²) in [7, 11) is 0. The third kappa shape index (κ3) is 3.72. The molecule has 1 nitrogen and oxygen atoms in total. The van der Waals surface area contributed by atoms with Crippen LogP contribution in [0.3, 0.4) is 0 Å². The molecule has 8 aromatic carbocycles. The number of fused-ring (bicyclic) bond motifs is 6. The van der Waals surface area contributed by atoms with Gasteiger partial charge < -0.3 is 4.42 Å². The molecule has 0 N–H and O–H groups in total. The highest BCUT2D eigenvalue weighted by Crippen LogP contribution is 2.45. The molecule has 0 spiro atoms. The van der Waals surface area contributed by atoms with E-state index in [1.54, 1.807) is 18.2 Å². The van der Waals surface area contributed by atoms with Crippen molar-refractivity contribution in [3.8, 4) is 33.4 Å². The van der Waals surface area contributed by atoms with Gasteiger partial charge in [0.1, 0.15) is 11.2 Å². The van der Waals surface area contributed by atoms with E-state index >= 15 is 0 Å². The number of hydrogen-bond acceptors (Lipinski definition) is 1. The molecular weight excluding hydrogens is 520 g/mol. The summed E-state index contributed by atoms with van der Waals surface area (Å²) in [6.07, 6.45) is 0. The van der Waals surface area contributed by atoms with Gasteiger partial charge in [0.15, 0.2) is 0 Å². The molecular formula is C42H26O. The molecule has 1 heterocycles. The van der Waals surface area contributed by atoms with Crippen LogP contribution in [0.2, 0.25) is 0 Å². The minimum absolute atomic E-state index is 0.0330. The van der Waals surface area contributed by atoms with Gasteiger partial charge >= 0.3 is 0 Å². The van der Waals surface area contributed by atoms with Gasteiger partial charge in [0.2, 0.25) is 0 Å². The van der Waals surface area contributed by atoms with E-state index in [0.717, 1.165) is 16.3 Å². The largest absolute Gasteiger partial charge is 0.456 e. The molecule has 0 aliphatic carbocycles. The first-order valence-electron chi connectivity index (χ1n) is 21.1. The van der Waals surface area contributed by atoms with Crippen LogP contribution in [-0.4, -0.2) is 0 Å². The maximum Gasteiger partial charge on any atom is 0.136 e. The number of para-hydroxylation sites is 1. The van der Waals surface area contributed by atoms with Crippen LogP contribution in [0.5, 0.6) is 0 Å². The van der Waals surface area contributed by atoms with Crippen molar-refractivity contribution in [3.63, 3.8) is 0 Å². The standard InChI is InChI=1S/C42H26O/c1-2-12-28-25-31(24-23-27(28)11-1)41-35-17-5-3-15-33(35)40(34-16-4-6-18-36(34)41)30-14-9-13-29(26-30)32-20-10-22-39-42(32)37-19-7-8-21-38(37)43-39/h1-26H/i1D,2D,3D,4D,5D,6D,11D,12D,15D,16D,17D,18D,23D,24D,25D. The van der Waals surface area contributed by atoms with E-state index in [2.05, 4.69) is 0 Å². The van der Waals surface area contributed by atoms with Gasteiger partial charge in [-0.3, -0.25) is 0 Å². The molecule has 1 aromatic heterocycles. The Morgan fingerprint density at radius 1 is 0.442 bits per heavy atom. The summed E-state index contributed by atoms with van der Waals surface area (Å²) in [5, 5.41) is -0.115. The average molecular weight is 562 g/mol. The van der Waals surface area contributed by atoms with E-state index in [0.29, 0.717) is 22.3 Å². The van der Waals surface area contributed by atoms with E-state index in [-0.39, 0.29) is 32.7 Å². The van der Waals surface area contributed by atoms with Crippen LogP contribution in [0.15, 0.2) is 162 Å². The number of benzene rings is 8. The highest BCUT2D eigenvalue weighted by molar-refractivity contribution is 6.22. The van der Waals surface area contributed by atoms with Crippen molar-refractivity contribution in [1.82, 2.24) is 0 Å². The van der Waals surface area contributed by atoms with Gasteiger partial charge in [-0.2, -0.15) is 0 Å². The van der Waals surface area contributed by atoms with Crippen LogP contribution in [0, 0.1) is 0 Å². The lowest BCUT2D eigenvalue weighted by Gasteiger charge is -2.18. The highest BCUT2D eigenvalue weighted by atomic mass is 16.3. The predicted molar refractivity (Wildman–Crippen MR) is 183 cm³/mol. The number of hydrogen-bond donors (Lipinski definition) is 0. The predicted octanol–water partition coefficient (Wildman–Crippen LogP) is 12.0. The zero-order chi connectivity index (χ0) is 41.4. The van der Waals surface area contributed by atoms with Crippen LogP contribution in [0.25, 0.3) is 87.6 Å². The Morgan fingerprint density at radius 3 is 1.81 bits per heavy atom. The lowest BCUT2D eigenvalue weighted by atomic mass is 9.85. The van der Waals surface area contributed by atoms with Crippen LogP contribution in [0.1, 0.15) is 20.6 Å². The van der Waals surface area contributed by atoms with Crippen molar-refractivity contribution in [2.45, 2.75) is 0 Å². The van der Waals surface area contributed by atoms with Gasteiger partial charge in [-0.25, -0.2) is 0 Å². The van der Waals surface area contributed by atoms with Crippen molar-refractivity contribution in [1.29, 1.82) is 0 Å². The minimum Gasteiger partial charge on any atom is -0.456 e. The molecule has 0 aliphatic rings. The lowest BCUT2D eigenvalue weighted by molar-refractivity contribution is 0.669. The molecule has 9 aromatic rings. The molecule has 9 rings (SSSR count). The number of furan rings is 1. The maximum atomic E-state index is 9.42. The summed E-state index contributed by atoms with van der Waals surface area (Å²) in [4.78, 5) is 0. The summed E-state index contributed by atoms with van der Waals surface area (Å²) in [5.41, 5.74) is 2.21. The van der Waals surface area contributed by atoms with Gasteiger partial charge in [0.25, 0.3) is 0 Å². The van der Waals surface area contributed by atoms with E-state index in [1.165, 1.54) is 0 Å². The van der Waals surface area contributed by atoms with Gasteiger partial charge in [0.05, 0.1) is 20.6 Å². The molecule has 0 bridgehead atoms. The van der Waals surface area contributed by atoms with E-state index in [4.69, 9.17) is 16.8 Å². The number of rotatable bonds is 3. The van der Waals surface area contributed by atoms with Gasteiger partial charge in [-0.1, -0.05) is 133 Å². The van der Waals surface area contributed by atoms with E-state index in [1.807, 2.05) is 48.5 Å². The smallest absolute Gasteiger partial charge is 0.136 e. The zero-order valence-corrected chi connectivity index (χ0v) is 22.3. The fourth-order valence-electron chi connectivity index (χ4n) is 5.93. The molecule has 200 valence electrons.